The second-order valence-corrected chi connectivity index (χ2v) is 2.73. The fourth-order valence-electron chi connectivity index (χ4n) is 0.536. The summed E-state index contributed by atoms with van der Waals surface area (Å²) >= 11 is 0. The summed E-state index contributed by atoms with van der Waals surface area (Å²) in [6, 6.07) is 0. The number of rotatable bonds is 6. The van der Waals surface area contributed by atoms with Crippen LogP contribution in [0.25, 0.3) is 0 Å². The predicted molar refractivity (Wildman–Crippen MR) is 62.6 cm³/mol. The Morgan fingerprint density at radius 1 is 0.684 bits per heavy atom. The van der Waals surface area contributed by atoms with E-state index in [0.717, 1.165) is 36.5 Å². The van der Waals surface area contributed by atoms with Crippen molar-refractivity contribution >= 4 is 23.9 Å². The summed E-state index contributed by atoms with van der Waals surface area (Å²) in [6.07, 6.45) is 5.59. The van der Waals surface area contributed by atoms with Crippen molar-refractivity contribution in [2.75, 3.05) is 0 Å². The average Bonchev–Trinajstić information content (AvgIpc) is 2.23. The Balaban J connectivity index is 0. The first kappa shape index (κ1) is 18.5. The zero-order valence-electron chi connectivity index (χ0n) is 9.59. The number of carboxylic acid groups (broad SMARTS) is 4. The molecule has 0 heterocycles. The van der Waals surface area contributed by atoms with E-state index in [2.05, 4.69) is 0 Å². The lowest BCUT2D eigenvalue weighted by Gasteiger charge is -1.79. The lowest BCUT2D eigenvalue weighted by Crippen LogP contribution is -1.92. The summed E-state index contributed by atoms with van der Waals surface area (Å²) in [5.74, 6) is -4.37. The molecule has 0 aromatic heterocycles. The highest BCUT2D eigenvalue weighted by Gasteiger charge is 1.90. The van der Waals surface area contributed by atoms with E-state index in [-0.39, 0.29) is 6.42 Å². The van der Waals surface area contributed by atoms with Crippen molar-refractivity contribution in [3.63, 3.8) is 0 Å². The van der Waals surface area contributed by atoms with Gasteiger partial charge in [0, 0.05) is 18.2 Å². The van der Waals surface area contributed by atoms with Crippen molar-refractivity contribution in [1.29, 1.82) is 0 Å². The molecule has 0 unspecified atom stereocenters. The van der Waals surface area contributed by atoms with Crippen LogP contribution in [-0.4, -0.2) is 44.3 Å². The smallest absolute Gasteiger partial charge is 0.328 e. The third-order valence-electron chi connectivity index (χ3n) is 1.14. The Kier molecular flexibility index (Phi) is 11.3. The molecule has 0 saturated carbocycles. The summed E-state index contributed by atoms with van der Waals surface area (Å²) in [6.45, 7) is 0. The molecule has 104 valence electrons. The van der Waals surface area contributed by atoms with Crippen LogP contribution in [0.5, 0.6) is 0 Å². The molecule has 0 fully saturated rings. The molecule has 0 aromatic carbocycles. The van der Waals surface area contributed by atoms with Gasteiger partial charge in [-0.05, 0) is 0 Å². The Hall–Kier alpha value is -2.90. The highest BCUT2D eigenvalue weighted by atomic mass is 16.4. The molecule has 0 aliphatic rings. The molecule has 0 bridgehead atoms. The number of carboxylic acids is 4. The van der Waals surface area contributed by atoms with Gasteiger partial charge < -0.3 is 20.4 Å². The van der Waals surface area contributed by atoms with E-state index in [9.17, 15) is 19.2 Å². The minimum Gasteiger partial charge on any atom is -0.481 e. The second-order valence-electron chi connectivity index (χ2n) is 2.73. The first-order chi connectivity index (χ1) is 8.75. The number of allylic oxidation sites excluding steroid dienone is 2. The van der Waals surface area contributed by atoms with E-state index in [1.807, 2.05) is 0 Å². The van der Waals surface area contributed by atoms with Crippen LogP contribution in [0.4, 0.5) is 0 Å². The first-order valence-electron chi connectivity index (χ1n) is 4.67. The maximum atomic E-state index is 9.78. The van der Waals surface area contributed by atoms with Crippen LogP contribution in [-0.2, 0) is 19.2 Å². The van der Waals surface area contributed by atoms with E-state index in [0.29, 0.717) is 0 Å². The SMILES string of the molecule is O=C(O)C=CC=CC(=O)O.O=C(O)C=CCC(=O)O. The van der Waals surface area contributed by atoms with Crippen LogP contribution in [0.15, 0.2) is 36.5 Å². The normalized spacial score (nSPS) is 10.3. The van der Waals surface area contributed by atoms with Gasteiger partial charge in [0.05, 0.1) is 6.42 Å². The quantitative estimate of drug-likeness (QED) is 0.400. The third-order valence-corrected chi connectivity index (χ3v) is 1.14. The minimum atomic E-state index is -1.13. The molecule has 8 nitrogen and oxygen atoms in total. The predicted octanol–water partition coefficient (Wildman–Crippen LogP) is 0.370. The van der Waals surface area contributed by atoms with Gasteiger partial charge >= 0.3 is 23.9 Å². The highest BCUT2D eigenvalue weighted by molar-refractivity contribution is 5.82. The zero-order valence-corrected chi connectivity index (χ0v) is 9.59. The number of hydrogen-bond donors (Lipinski definition) is 4. The molecule has 0 amide bonds. The van der Waals surface area contributed by atoms with Gasteiger partial charge in [-0.2, -0.15) is 0 Å². The van der Waals surface area contributed by atoms with Crippen LogP contribution in [0, 0.1) is 0 Å². The van der Waals surface area contributed by atoms with E-state index in [1.54, 1.807) is 0 Å². The van der Waals surface area contributed by atoms with Gasteiger partial charge in [-0.25, -0.2) is 14.4 Å². The lowest BCUT2D eigenvalue weighted by molar-refractivity contribution is -0.136. The standard InChI is InChI=1S/C6H6O4.C5H6O4/c7-5(8)3-1-2-4-6(9)10;6-4(7)2-1-3-5(8)9/h1-4H,(H,7,8)(H,9,10);1-2H,3H2,(H,6,7)(H,8,9). The second kappa shape index (κ2) is 11.6. The Bertz CT molecular complexity index is 394. The van der Waals surface area contributed by atoms with Crippen molar-refractivity contribution < 1.29 is 39.6 Å². The van der Waals surface area contributed by atoms with Gasteiger partial charge in [-0.15, -0.1) is 0 Å². The summed E-state index contributed by atoms with van der Waals surface area (Å²) < 4.78 is 0. The van der Waals surface area contributed by atoms with Gasteiger partial charge in [0.25, 0.3) is 0 Å². The molecule has 0 aromatic rings. The van der Waals surface area contributed by atoms with Gasteiger partial charge in [0.2, 0.25) is 0 Å². The average molecular weight is 272 g/mol. The van der Waals surface area contributed by atoms with Crippen LogP contribution in [0.1, 0.15) is 6.42 Å². The minimum absolute atomic E-state index is 0.244. The van der Waals surface area contributed by atoms with Crippen molar-refractivity contribution in [3.8, 4) is 0 Å². The molecular weight excluding hydrogens is 260 g/mol. The fourth-order valence-corrected chi connectivity index (χ4v) is 0.536. The Morgan fingerprint density at radius 2 is 1.05 bits per heavy atom. The molecule has 0 rings (SSSR count). The first-order valence-corrected chi connectivity index (χ1v) is 4.67. The summed E-state index contributed by atoms with van der Waals surface area (Å²) in [7, 11) is 0. The number of aliphatic carboxylic acids is 4. The molecule has 0 spiro atoms. The van der Waals surface area contributed by atoms with E-state index in [1.165, 1.54) is 0 Å². The number of carbonyl (C=O) groups is 4. The van der Waals surface area contributed by atoms with Gasteiger partial charge in [0.15, 0.2) is 0 Å². The topological polar surface area (TPSA) is 149 Å². The molecule has 0 aliphatic carbocycles. The molecule has 0 saturated heterocycles. The Labute approximate surface area is 107 Å². The van der Waals surface area contributed by atoms with Gasteiger partial charge in [-0.3, -0.25) is 4.79 Å². The van der Waals surface area contributed by atoms with E-state index >= 15 is 0 Å². The van der Waals surface area contributed by atoms with Crippen molar-refractivity contribution in [1.82, 2.24) is 0 Å². The molecule has 0 aliphatic heterocycles. The Morgan fingerprint density at radius 3 is 1.32 bits per heavy atom. The molecule has 19 heavy (non-hydrogen) atoms. The molecule has 8 heteroatoms. The van der Waals surface area contributed by atoms with Crippen LogP contribution >= 0.6 is 0 Å². The summed E-state index contributed by atoms with van der Waals surface area (Å²) in [4.78, 5) is 39.0. The zero-order chi connectivity index (χ0) is 15.3. The largest absolute Gasteiger partial charge is 0.481 e. The fraction of sp³-hybridized carbons (Fsp3) is 0.0909. The monoisotopic (exact) mass is 272 g/mol. The van der Waals surface area contributed by atoms with Crippen LogP contribution in [0.3, 0.4) is 0 Å². The van der Waals surface area contributed by atoms with Crippen molar-refractivity contribution in [3.05, 3.63) is 36.5 Å². The van der Waals surface area contributed by atoms with Crippen LogP contribution in [0.2, 0.25) is 0 Å². The molecule has 0 radical (unpaired) electrons. The molecule has 4 N–H and O–H groups in total. The van der Waals surface area contributed by atoms with Crippen molar-refractivity contribution in [2.45, 2.75) is 6.42 Å². The summed E-state index contributed by atoms with van der Waals surface area (Å²) in [5, 5.41) is 31.9. The van der Waals surface area contributed by atoms with E-state index < -0.39 is 23.9 Å². The summed E-state index contributed by atoms with van der Waals surface area (Å²) in [5.41, 5.74) is 0. The molecular formula is C11H12O8. The van der Waals surface area contributed by atoms with Gasteiger partial charge in [0.1, 0.15) is 0 Å². The lowest BCUT2D eigenvalue weighted by atomic mass is 10.4. The maximum Gasteiger partial charge on any atom is 0.328 e. The highest BCUT2D eigenvalue weighted by Crippen LogP contribution is 1.81. The van der Waals surface area contributed by atoms with Crippen molar-refractivity contribution in [2.24, 2.45) is 0 Å². The van der Waals surface area contributed by atoms with Gasteiger partial charge in [-0.1, -0.05) is 18.2 Å². The third kappa shape index (κ3) is 25.4. The van der Waals surface area contributed by atoms with E-state index in [4.69, 9.17) is 20.4 Å². The number of hydrogen-bond acceptors (Lipinski definition) is 4. The van der Waals surface area contributed by atoms with Crippen LogP contribution < -0.4 is 0 Å². The molecule has 0 atom stereocenters. The maximum absolute atomic E-state index is 9.78.